The van der Waals surface area contributed by atoms with Crippen LogP contribution >= 0.6 is 0 Å². The molecule has 7 heteroatoms. The second kappa shape index (κ2) is 6.65. The second-order valence-electron chi connectivity index (χ2n) is 4.20. The van der Waals surface area contributed by atoms with Crippen LogP contribution in [0.2, 0.25) is 0 Å². The zero-order valence-corrected chi connectivity index (χ0v) is 11.5. The van der Waals surface area contributed by atoms with Crippen molar-refractivity contribution in [2.45, 2.75) is 20.3 Å². The number of amides is 1. The van der Waals surface area contributed by atoms with E-state index in [4.69, 9.17) is 4.52 Å². The van der Waals surface area contributed by atoms with Gasteiger partial charge in [0.2, 0.25) is 5.89 Å². The van der Waals surface area contributed by atoms with Crippen molar-refractivity contribution in [2.24, 2.45) is 0 Å². The van der Waals surface area contributed by atoms with Gasteiger partial charge in [-0.1, -0.05) is 5.16 Å². The van der Waals surface area contributed by atoms with Crippen LogP contribution in [-0.2, 0) is 6.42 Å². The Hall–Kier alpha value is -2.44. The molecule has 2 heterocycles. The summed E-state index contributed by atoms with van der Waals surface area (Å²) in [6.07, 6.45) is 2.12. The van der Waals surface area contributed by atoms with Crippen LogP contribution in [0.15, 0.2) is 22.9 Å². The van der Waals surface area contributed by atoms with Gasteiger partial charge in [0.1, 0.15) is 5.82 Å². The van der Waals surface area contributed by atoms with Gasteiger partial charge in [-0.25, -0.2) is 4.98 Å². The molecule has 0 unspecified atom stereocenters. The highest BCUT2D eigenvalue weighted by atomic mass is 16.5. The maximum Gasteiger partial charge on any atom is 0.251 e. The van der Waals surface area contributed by atoms with Crippen LogP contribution in [0, 0.1) is 6.92 Å². The van der Waals surface area contributed by atoms with Gasteiger partial charge in [-0.05, 0) is 26.0 Å². The predicted molar refractivity (Wildman–Crippen MR) is 73.5 cm³/mol. The van der Waals surface area contributed by atoms with E-state index in [0.29, 0.717) is 36.1 Å². The smallest absolute Gasteiger partial charge is 0.251 e. The fraction of sp³-hybridized carbons (Fsp3) is 0.385. The lowest BCUT2D eigenvalue weighted by Crippen LogP contribution is -2.25. The highest BCUT2D eigenvalue weighted by molar-refractivity contribution is 5.94. The fourth-order valence-electron chi connectivity index (χ4n) is 1.68. The molecule has 0 radical (unpaired) electrons. The van der Waals surface area contributed by atoms with Gasteiger partial charge in [-0.3, -0.25) is 4.79 Å². The largest absolute Gasteiger partial charge is 0.370 e. The molecule has 0 aromatic carbocycles. The molecule has 0 spiro atoms. The number of nitrogens with one attached hydrogen (secondary N) is 2. The molecule has 1 amide bonds. The summed E-state index contributed by atoms with van der Waals surface area (Å²) < 4.78 is 4.97. The fourth-order valence-corrected chi connectivity index (χ4v) is 1.68. The van der Waals surface area contributed by atoms with Crippen molar-refractivity contribution in [1.29, 1.82) is 0 Å². The maximum atomic E-state index is 12.0. The molecule has 0 aliphatic carbocycles. The number of nitrogens with zero attached hydrogens (tertiary/aromatic N) is 3. The summed E-state index contributed by atoms with van der Waals surface area (Å²) in [6, 6.07) is 3.39. The first-order valence-corrected chi connectivity index (χ1v) is 6.46. The lowest BCUT2D eigenvalue weighted by atomic mass is 10.2. The number of rotatable bonds is 6. The number of carbonyl (C=O) groups excluding carboxylic acids is 1. The first-order valence-electron chi connectivity index (χ1n) is 6.46. The molecule has 2 aromatic heterocycles. The van der Waals surface area contributed by atoms with Gasteiger partial charge in [0, 0.05) is 31.3 Å². The van der Waals surface area contributed by atoms with Gasteiger partial charge in [-0.2, -0.15) is 4.98 Å². The quantitative estimate of drug-likeness (QED) is 0.822. The third kappa shape index (κ3) is 3.78. The highest BCUT2D eigenvalue weighted by Crippen LogP contribution is 2.06. The average Bonchev–Trinajstić information content (AvgIpc) is 2.85. The van der Waals surface area contributed by atoms with E-state index in [1.807, 2.05) is 6.92 Å². The molecule has 7 nitrogen and oxygen atoms in total. The second-order valence-corrected chi connectivity index (χ2v) is 4.20. The van der Waals surface area contributed by atoms with Gasteiger partial charge in [-0.15, -0.1) is 0 Å². The molecule has 20 heavy (non-hydrogen) atoms. The SMILES string of the molecule is CCNc1cc(C(=O)NCCc2nc(C)no2)ccn1. The first-order chi connectivity index (χ1) is 9.69. The van der Waals surface area contributed by atoms with Crippen LogP contribution in [0.3, 0.4) is 0 Å². The van der Waals surface area contributed by atoms with E-state index in [9.17, 15) is 4.79 Å². The summed E-state index contributed by atoms with van der Waals surface area (Å²) in [4.78, 5) is 20.2. The summed E-state index contributed by atoms with van der Waals surface area (Å²) in [5.74, 6) is 1.65. The average molecular weight is 275 g/mol. The number of carbonyl (C=O) groups is 1. The molecule has 2 rings (SSSR count). The van der Waals surface area contributed by atoms with Gasteiger partial charge in [0.15, 0.2) is 5.82 Å². The van der Waals surface area contributed by atoms with E-state index in [1.165, 1.54) is 0 Å². The van der Waals surface area contributed by atoms with Crippen molar-refractivity contribution in [2.75, 3.05) is 18.4 Å². The van der Waals surface area contributed by atoms with E-state index in [1.54, 1.807) is 25.3 Å². The van der Waals surface area contributed by atoms with E-state index >= 15 is 0 Å². The molecular formula is C13H17N5O2. The van der Waals surface area contributed by atoms with Gasteiger partial charge >= 0.3 is 0 Å². The Balaban J connectivity index is 1.86. The number of aromatic nitrogens is 3. The van der Waals surface area contributed by atoms with Crippen molar-refractivity contribution in [1.82, 2.24) is 20.4 Å². The summed E-state index contributed by atoms with van der Waals surface area (Å²) in [5.41, 5.74) is 0.567. The third-order valence-corrected chi connectivity index (χ3v) is 2.57. The molecule has 0 saturated heterocycles. The van der Waals surface area contributed by atoms with Crippen molar-refractivity contribution in [3.05, 3.63) is 35.6 Å². The molecule has 0 saturated carbocycles. The van der Waals surface area contributed by atoms with E-state index < -0.39 is 0 Å². The van der Waals surface area contributed by atoms with Crippen LogP contribution in [0.1, 0.15) is 29.0 Å². The number of pyridine rings is 1. The number of anilines is 1. The van der Waals surface area contributed by atoms with E-state index in [2.05, 4.69) is 25.8 Å². The molecule has 2 N–H and O–H groups in total. The minimum absolute atomic E-state index is 0.150. The number of aryl methyl sites for hydroxylation is 1. The predicted octanol–water partition coefficient (Wildman–Crippen LogP) is 1.18. The molecule has 0 bridgehead atoms. The Labute approximate surface area is 116 Å². The Morgan fingerprint density at radius 3 is 3.00 bits per heavy atom. The minimum atomic E-state index is -0.150. The van der Waals surface area contributed by atoms with Crippen LogP contribution in [0.4, 0.5) is 5.82 Å². The van der Waals surface area contributed by atoms with E-state index in [0.717, 1.165) is 6.54 Å². The zero-order valence-electron chi connectivity index (χ0n) is 11.5. The minimum Gasteiger partial charge on any atom is -0.370 e. The molecule has 0 aliphatic rings. The molecule has 0 atom stereocenters. The zero-order chi connectivity index (χ0) is 14.4. The number of hydrogen-bond acceptors (Lipinski definition) is 6. The third-order valence-electron chi connectivity index (χ3n) is 2.57. The van der Waals surface area contributed by atoms with E-state index in [-0.39, 0.29) is 5.91 Å². The topological polar surface area (TPSA) is 92.9 Å². The summed E-state index contributed by atoms with van der Waals surface area (Å²) in [7, 11) is 0. The van der Waals surface area contributed by atoms with Crippen molar-refractivity contribution in [3.63, 3.8) is 0 Å². The Bertz CT molecular complexity index is 582. The van der Waals surface area contributed by atoms with Gasteiger partial charge in [0.25, 0.3) is 5.91 Å². The molecule has 0 aliphatic heterocycles. The molecule has 106 valence electrons. The van der Waals surface area contributed by atoms with Gasteiger partial charge in [0.05, 0.1) is 0 Å². The lowest BCUT2D eigenvalue weighted by Gasteiger charge is -2.06. The monoisotopic (exact) mass is 275 g/mol. The van der Waals surface area contributed by atoms with Crippen molar-refractivity contribution >= 4 is 11.7 Å². The summed E-state index contributed by atoms with van der Waals surface area (Å²) in [5, 5.41) is 9.56. The van der Waals surface area contributed by atoms with Gasteiger partial charge < -0.3 is 15.2 Å². The van der Waals surface area contributed by atoms with Crippen molar-refractivity contribution < 1.29 is 9.32 Å². The van der Waals surface area contributed by atoms with Crippen LogP contribution in [0.5, 0.6) is 0 Å². The van der Waals surface area contributed by atoms with Crippen LogP contribution in [0.25, 0.3) is 0 Å². The van der Waals surface area contributed by atoms with Crippen LogP contribution in [-0.4, -0.2) is 34.1 Å². The Morgan fingerprint density at radius 2 is 2.30 bits per heavy atom. The standard InChI is InChI=1S/C13H17N5O2/c1-3-14-11-8-10(4-6-15-11)13(19)16-7-5-12-17-9(2)18-20-12/h4,6,8H,3,5,7H2,1-2H3,(H,14,15)(H,16,19). The molecule has 2 aromatic rings. The molecular weight excluding hydrogens is 258 g/mol. The lowest BCUT2D eigenvalue weighted by molar-refractivity contribution is 0.0953. The van der Waals surface area contributed by atoms with Crippen LogP contribution < -0.4 is 10.6 Å². The number of hydrogen-bond donors (Lipinski definition) is 2. The summed E-state index contributed by atoms with van der Waals surface area (Å²) in [6.45, 7) is 4.93. The Kier molecular flexibility index (Phi) is 4.65. The maximum absolute atomic E-state index is 12.0. The molecule has 0 fully saturated rings. The Morgan fingerprint density at radius 1 is 1.45 bits per heavy atom. The highest BCUT2D eigenvalue weighted by Gasteiger charge is 2.08. The summed E-state index contributed by atoms with van der Waals surface area (Å²) >= 11 is 0. The van der Waals surface area contributed by atoms with Crippen molar-refractivity contribution in [3.8, 4) is 0 Å². The first kappa shape index (κ1) is 14.0. The normalized spacial score (nSPS) is 10.3.